The summed E-state index contributed by atoms with van der Waals surface area (Å²) in [6, 6.07) is 11.8. The van der Waals surface area contributed by atoms with E-state index in [0.29, 0.717) is 0 Å². The van der Waals surface area contributed by atoms with Crippen LogP contribution in [0.2, 0.25) is 5.02 Å². The van der Waals surface area contributed by atoms with Crippen LogP contribution >= 0.6 is 11.6 Å². The predicted molar refractivity (Wildman–Crippen MR) is 86.9 cm³/mol. The lowest BCUT2D eigenvalue weighted by Gasteiger charge is -2.11. The van der Waals surface area contributed by atoms with Crippen LogP contribution in [-0.4, -0.2) is 26.1 Å². The maximum absolute atomic E-state index is 5.87. The Bertz CT molecular complexity index is 549. The number of rotatable bonds is 6. The Hall–Kier alpha value is -1.94. The third-order valence-corrected chi connectivity index (χ3v) is 3.34. The van der Waals surface area contributed by atoms with Gasteiger partial charge in [-0.2, -0.15) is 0 Å². The van der Waals surface area contributed by atoms with Crippen LogP contribution in [0, 0.1) is 0 Å². The molecule has 0 bridgehead atoms. The Morgan fingerprint density at radius 3 is 2.43 bits per heavy atom. The normalized spacial score (nSPS) is 11.4. The van der Waals surface area contributed by atoms with Gasteiger partial charge in [0.2, 0.25) is 0 Å². The summed E-state index contributed by atoms with van der Waals surface area (Å²) in [6.45, 7) is 1.61. The number of hydrogen-bond donors (Lipinski definition) is 2. The third-order valence-electron chi connectivity index (χ3n) is 3.09. The summed E-state index contributed by atoms with van der Waals surface area (Å²) in [5, 5.41) is 7.31. The number of benzene rings is 1. The molecule has 0 saturated heterocycles. The summed E-state index contributed by atoms with van der Waals surface area (Å²) in [5.41, 5.74) is 1.25. The second kappa shape index (κ2) is 8.37. The molecule has 0 amide bonds. The van der Waals surface area contributed by atoms with Gasteiger partial charge in [0.05, 0.1) is 6.26 Å². The van der Waals surface area contributed by atoms with Crippen LogP contribution in [0.3, 0.4) is 0 Å². The van der Waals surface area contributed by atoms with Gasteiger partial charge in [-0.1, -0.05) is 23.7 Å². The molecule has 0 aliphatic rings. The van der Waals surface area contributed by atoms with Crippen LogP contribution in [0.1, 0.15) is 11.3 Å². The van der Waals surface area contributed by atoms with Gasteiger partial charge < -0.3 is 15.1 Å². The van der Waals surface area contributed by atoms with E-state index in [-0.39, 0.29) is 0 Å². The molecule has 0 aliphatic heterocycles. The molecule has 0 spiro atoms. The van der Waals surface area contributed by atoms with Crippen LogP contribution in [0.15, 0.2) is 52.1 Å². The van der Waals surface area contributed by atoms with Crippen molar-refractivity contribution in [1.82, 2.24) is 10.6 Å². The highest BCUT2D eigenvalue weighted by molar-refractivity contribution is 6.30. The van der Waals surface area contributed by atoms with Crippen molar-refractivity contribution in [3.63, 3.8) is 0 Å². The Morgan fingerprint density at radius 2 is 1.81 bits per heavy atom. The fourth-order valence-corrected chi connectivity index (χ4v) is 2.08. The van der Waals surface area contributed by atoms with E-state index < -0.39 is 0 Å². The van der Waals surface area contributed by atoms with E-state index in [0.717, 1.165) is 42.7 Å². The number of furan rings is 1. The van der Waals surface area contributed by atoms with Crippen molar-refractivity contribution >= 4 is 17.6 Å². The van der Waals surface area contributed by atoms with Gasteiger partial charge in [0, 0.05) is 31.6 Å². The van der Waals surface area contributed by atoms with Gasteiger partial charge in [-0.05, 0) is 36.2 Å². The van der Waals surface area contributed by atoms with Crippen molar-refractivity contribution in [2.75, 3.05) is 20.1 Å². The molecule has 1 aromatic carbocycles. The monoisotopic (exact) mass is 305 g/mol. The van der Waals surface area contributed by atoms with E-state index >= 15 is 0 Å². The molecule has 21 heavy (non-hydrogen) atoms. The van der Waals surface area contributed by atoms with Gasteiger partial charge >= 0.3 is 0 Å². The molecule has 4 nitrogen and oxygen atoms in total. The van der Waals surface area contributed by atoms with E-state index in [1.807, 2.05) is 36.4 Å². The number of hydrogen-bond acceptors (Lipinski definition) is 2. The van der Waals surface area contributed by atoms with Crippen molar-refractivity contribution in [3.05, 3.63) is 59.0 Å². The maximum atomic E-state index is 5.87. The first-order valence-electron chi connectivity index (χ1n) is 6.99. The summed E-state index contributed by atoms with van der Waals surface area (Å²) >= 11 is 5.87. The Kier molecular flexibility index (Phi) is 6.16. The minimum Gasteiger partial charge on any atom is -0.469 e. The molecular formula is C16H20ClN3O. The molecule has 112 valence electrons. The molecule has 0 atom stereocenters. The fourth-order valence-electron chi connectivity index (χ4n) is 1.96. The fraction of sp³-hybridized carbons (Fsp3) is 0.312. The van der Waals surface area contributed by atoms with Crippen LogP contribution in [0.5, 0.6) is 0 Å². The van der Waals surface area contributed by atoms with Crippen LogP contribution < -0.4 is 10.6 Å². The zero-order chi connectivity index (χ0) is 14.9. The van der Waals surface area contributed by atoms with Crippen molar-refractivity contribution < 1.29 is 4.42 Å². The van der Waals surface area contributed by atoms with Crippen molar-refractivity contribution in [1.29, 1.82) is 0 Å². The van der Waals surface area contributed by atoms with Gasteiger partial charge in [-0.15, -0.1) is 0 Å². The predicted octanol–water partition coefficient (Wildman–Crippen LogP) is 2.88. The molecule has 0 radical (unpaired) electrons. The van der Waals surface area contributed by atoms with E-state index in [9.17, 15) is 0 Å². The van der Waals surface area contributed by atoms with Gasteiger partial charge in [-0.3, -0.25) is 4.99 Å². The van der Waals surface area contributed by atoms with E-state index in [1.54, 1.807) is 13.3 Å². The third kappa shape index (κ3) is 5.52. The SMILES string of the molecule is CN=C(NCCc1ccc(Cl)cc1)NCCc1ccco1. The molecule has 0 fully saturated rings. The molecule has 2 aromatic rings. The first kappa shape index (κ1) is 15.4. The topological polar surface area (TPSA) is 49.6 Å². The van der Waals surface area contributed by atoms with E-state index in [4.69, 9.17) is 16.0 Å². The van der Waals surface area contributed by atoms with Crippen LogP contribution in [0.25, 0.3) is 0 Å². The highest BCUT2D eigenvalue weighted by atomic mass is 35.5. The van der Waals surface area contributed by atoms with Crippen molar-refractivity contribution in [2.24, 2.45) is 4.99 Å². The minimum absolute atomic E-state index is 0.766. The van der Waals surface area contributed by atoms with Crippen molar-refractivity contribution in [3.8, 4) is 0 Å². The smallest absolute Gasteiger partial charge is 0.191 e. The van der Waals surface area contributed by atoms with Gasteiger partial charge in [0.25, 0.3) is 0 Å². The molecule has 0 unspecified atom stereocenters. The van der Waals surface area contributed by atoms with Gasteiger partial charge in [0.1, 0.15) is 5.76 Å². The Labute approximate surface area is 130 Å². The van der Waals surface area contributed by atoms with Gasteiger partial charge in [-0.25, -0.2) is 0 Å². The zero-order valence-corrected chi connectivity index (χ0v) is 12.9. The molecular weight excluding hydrogens is 286 g/mol. The zero-order valence-electron chi connectivity index (χ0n) is 12.1. The summed E-state index contributed by atoms with van der Waals surface area (Å²) in [4.78, 5) is 4.19. The molecule has 2 N–H and O–H groups in total. The Balaban J connectivity index is 1.66. The van der Waals surface area contributed by atoms with Crippen molar-refractivity contribution in [2.45, 2.75) is 12.8 Å². The lowest BCUT2D eigenvalue weighted by molar-refractivity contribution is 0.507. The summed E-state index contributed by atoms with van der Waals surface area (Å²) < 4.78 is 5.29. The molecule has 0 saturated carbocycles. The largest absolute Gasteiger partial charge is 0.469 e. The average molecular weight is 306 g/mol. The maximum Gasteiger partial charge on any atom is 0.191 e. The van der Waals surface area contributed by atoms with Gasteiger partial charge in [0.15, 0.2) is 5.96 Å². The lowest BCUT2D eigenvalue weighted by atomic mass is 10.1. The summed E-state index contributed by atoms with van der Waals surface area (Å²) in [7, 11) is 1.77. The molecule has 1 heterocycles. The number of nitrogens with one attached hydrogen (secondary N) is 2. The minimum atomic E-state index is 0.766. The van der Waals surface area contributed by atoms with Crippen LogP contribution in [0.4, 0.5) is 0 Å². The van der Waals surface area contributed by atoms with E-state index in [2.05, 4.69) is 15.6 Å². The van der Waals surface area contributed by atoms with Crippen LogP contribution in [-0.2, 0) is 12.8 Å². The summed E-state index contributed by atoms with van der Waals surface area (Å²) in [6.07, 6.45) is 3.45. The number of guanidine groups is 1. The second-order valence-electron chi connectivity index (χ2n) is 4.63. The van der Waals surface area contributed by atoms with E-state index in [1.165, 1.54) is 5.56 Å². The average Bonchev–Trinajstić information content (AvgIpc) is 3.01. The second-order valence-corrected chi connectivity index (χ2v) is 5.07. The molecule has 1 aromatic heterocycles. The molecule has 0 aliphatic carbocycles. The molecule has 5 heteroatoms. The first-order chi connectivity index (χ1) is 10.3. The first-order valence-corrected chi connectivity index (χ1v) is 7.37. The standard InChI is InChI=1S/C16H20ClN3O/c1-18-16(20-11-9-15-3-2-12-21-15)19-10-8-13-4-6-14(17)7-5-13/h2-7,12H,8-11H2,1H3,(H2,18,19,20). The number of nitrogens with zero attached hydrogens (tertiary/aromatic N) is 1. The Morgan fingerprint density at radius 1 is 1.10 bits per heavy atom. The quantitative estimate of drug-likeness (QED) is 0.637. The lowest BCUT2D eigenvalue weighted by Crippen LogP contribution is -2.39. The summed E-state index contributed by atoms with van der Waals surface area (Å²) in [5.74, 6) is 1.77. The number of aliphatic imine (C=N–C) groups is 1. The highest BCUT2D eigenvalue weighted by Gasteiger charge is 1.99. The number of halogens is 1. The highest BCUT2D eigenvalue weighted by Crippen LogP contribution is 2.09. The molecule has 2 rings (SSSR count).